The van der Waals surface area contributed by atoms with Crippen LogP contribution >= 0.6 is 0 Å². The number of methoxy groups -OCH3 is 1. The summed E-state index contributed by atoms with van der Waals surface area (Å²) in [7, 11) is 3.80. The van der Waals surface area contributed by atoms with Crippen molar-refractivity contribution in [3.05, 3.63) is 23.8 Å². The zero-order chi connectivity index (χ0) is 14.7. The topological polar surface area (TPSA) is 44.7 Å². The quantitative estimate of drug-likeness (QED) is 0.804. The second-order valence-electron chi connectivity index (χ2n) is 5.80. The highest BCUT2D eigenvalue weighted by atomic mass is 16.5. The number of phenols is 1. The number of benzene rings is 1. The zero-order valence-electron chi connectivity index (χ0n) is 12.9. The maximum absolute atomic E-state index is 10.0. The summed E-state index contributed by atoms with van der Waals surface area (Å²) in [6.45, 7) is 5.23. The molecule has 2 atom stereocenters. The largest absolute Gasteiger partial charge is 0.507 e. The van der Waals surface area contributed by atoms with Crippen LogP contribution in [0.25, 0.3) is 0 Å². The molecule has 0 aliphatic heterocycles. The van der Waals surface area contributed by atoms with Gasteiger partial charge >= 0.3 is 0 Å². The number of nitrogens with one attached hydrogen (secondary N) is 1. The average Bonchev–Trinajstić information content (AvgIpc) is 3.27. The standard InChI is InChI=1S/C16H26N2O2/c1-11(18(3)13-5-6-13)10-17-12(2)15-8-7-14(20-4)9-16(15)19/h7-9,11-13,17,19H,5-6,10H2,1-4H3. The average molecular weight is 278 g/mol. The highest BCUT2D eigenvalue weighted by Gasteiger charge is 2.29. The molecule has 0 aromatic heterocycles. The smallest absolute Gasteiger partial charge is 0.124 e. The van der Waals surface area contributed by atoms with Crippen LogP contribution in [0.4, 0.5) is 0 Å². The molecule has 1 aliphatic rings. The maximum Gasteiger partial charge on any atom is 0.124 e. The number of ether oxygens (including phenoxy) is 1. The highest BCUT2D eigenvalue weighted by molar-refractivity contribution is 5.41. The second kappa shape index (κ2) is 6.46. The molecular weight excluding hydrogens is 252 g/mol. The highest BCUT2D eigenvalue weighted by Crippen LogP contribution is 2.29. The van der Waals surface area contributed by atoms with Gasteiger partial charge in [0, 0.05) is 36.3 Å². The van der Waals surface area contributed by atoms with Crippen LogP contribution in [0.2, 0.25) is 0 Å². The van der Waals surface area contributed by atoms with Crippen LogP contribution in [0, 0.1) is 0 Å². The van der Waals surface area contributed by atoms with Crippen LogP contribution in [0.15, 0.2) is 18.2 Å². The van der Waals surface area contributed by atoms with E-state index in [0.29, 0.717) is 11.8 Å². The fourth-order valence-corrected chi connectivity index (χ4v) is 2.46. The van der Waals surface area contributed by atoms with Gasteiger partial charge in [0.25, 0.3) is 0 Å². The first kappa shape index (κ1) is 15.1. The molecule has 0 heterocycles. The van der Waals surface area contributed by atoms with E-state index in [1.165, 1.54) is 12.8 Å². The Labute approximate surface area is 121 Å². The number of likely N-dealkylation sites (N-methyl/N-ethyl adjacent to an activating group) is 1. The third-order valence-electron chi connectivity index (χ3n) is 4.24. The molecule has 0 saturated heterocycles. The first-order valence-electron chi connectivity index (χ1n) is 7.35. The van der Waals surface area contributed by atoms with Gasteiger partial charge in [0.05, 0.1) is 7.11 Å². The van der Waals surface area contributed by atoms with Crippen molar-refractivity contribution in [1.29, 1.82) is 0 Å². The van der Waals surface area contributed by atoms with E-state index in [0.717, 1.165) is 18.2 Å². The van der Waals surface area contributed by atoms with Gasteiger partial charge in [0.2, 0.25) is 0 Å². The van der Waals surface area contributed by atoms with Crippen molar-refractivity contribution in [2.75, 3.05) is 20.7 Å². The van der Waals surface area contributed by atoms with Crippen molar-refractivity contribution < 1.29 is 9.84 Å². The van der Waals surface area contributed by atoms with Crippen molar-refractivity contribution in [3.63, 3.8) is 0 Å². The van der Waals surface area contributed by atoms with Crippen molar-refractivity contribution in [1.82, 2.24) is 10.2 Å². The van der Waals surface area contributed by atoms with Gasteiger partial charge in [-0.25, -0.2) is 0 Å². The molecule has 0 radical (unpaired) electrons. The fraction of sp³-hybridized carbons (Fsp3) is 0.625. The normalized spacial score (nSPS) is 18.1. The predicted octanol–water partition coefficient (Wildman–Crippen LogP) is 2.53. The number of aromatic hydroxyl groups is 1. The van der Waals surface area contributed by atoms with Gasteiger partial charge in [-0.3, -0.25) is 4.90 Å². The van der Waals surface area contributed by atoms with Crippen LogP contribution in [-0.4, -0.2) is 42.8 Å². The van der Waals surface area contributed by atoms with Gasteiger partial charge in [-0.15, -0.1) is 0 Å². The summed E-state index contributed by atoms with van der Waals surface area (Å²) in [6, 6.07) is 6.86. The van der Waals surface area contributed by atoms with E-state index in [1.807, 2.05) is 12.1 Å². The van der Waals surface area contributed by atoms with E-state index in [4.69, 9.17) is 4.74 Å². The van der Waals surface area contributed by atoms with Crippen LogP contribution in [0.3, 0.4) is 0 Å². The predicted molar refractivity (Wildman–Crippen MR) is 81.3 cm³/mol. The van der Waals surface area contributed by atoms with Crippen molar-refractivity contribution in [3.8, 4) is 11.5 Å². The van der Waals surface area contributed by atoms with E-state index in [9.17, 15) is 5.11 Å². The maximum atomic E-state index is 10.0. The minimum Gasteiger partial charge on any atom is -0.507 e. The van der Waals surface area contributed by atoms with E-state index in [-0.39, 0.29) is 11.8 Å². The molecule has 2 rings (SSSR count). The molecular formula is C16H26N2O2. The molecule has 4 heteroatoms. The molecule has 2 unspecified atom stereocenters. The Morgan fingerprint density at radius 1 is 1.40 bits per heavy atom. The minimum atomic E-state index is 0.121. The van der Waals surface area contributed by atoms with E-state index >= 15 is 0 Å². The lowest BCUT2D eigenvalue weighted by atomic mass is 10.1. The lowest BCUT2D eigenvalue weighted by molar-refractivity contribution is 0.236. The van der Waals surface area contributed by atoms with Crippen LogP contribution in [-0.2, 0) is 0 Å². The van der Waals surface area contributed by atoms with E-state index < -0.39 is 0 Å². The first-order valence-corrected chi connectivity index (χ1v) is 7.35. The first-order chi connectivity index (χ1) is 9.52. The summed E-state index contributed by atoms with van der Waals surface area (Å²) >= 11 is 0. The second-order valence-corrected chi connectivity index (χ2v) is 5.80. The van der Waals surface area contributed by atoms with E-state index in [1.54, 1.807) is 13.2 Å². The SMILES string of the molecule is COc1ccc(C(C)NCC(C)N(C)C2CC2)c(O)c1. The number of rotatable bonds is 7. The monoisotopic (exact) mass is 278 g/mol. The van der Waals surface area contributed by atoms with Crippen LogP contribution in [0.1, 0.15) is 38.3 Å². The van der Waals surface area contributed by atoms with E-state index in [2.05, 4.69) is 31.1 Å². The lowest BCUT2D eigenvalue weighted by Gasteiger charge is -2.26. The number of hydrogen-bond acceptors (Lipinski definition) is 4. The summed E-state index contributed by atoms with van der Waals surface area (Å²) in [5.41, 5.74) is 0.909. The molecule has 0 bridgehead atoms. The Kier molecular flexibility index (Phi) is 4.89. The third-order valence-corrected chi connectivity index (χ3v) is 4.24. The Balaban J connectivity index is 1.89. The summed E-state index contributed by atoms with van der Waals surface area (Å²) in [6.07, 6.45) is 2.66. The number of nitrogens with zero attached hydrogens (tertiary/aromatic N) is 1. The van der Waals surface area contributed by atoms with Gasteiger partial charge in [0.15, 0.2) is 0 Å². The molecule has 0 amide bonds. The number of phenolic OH excluding ortho intramolecular Hbond substituents is 1. The Bertz CT molecular complexity index is 446. The van der Waals surface area contributed by atoms with Gasteiger partial charge in [-0.2, -0.15) is 0 Å². The molecule has 1 aliphatic carbocycles. The molecule has 2 N–H and O–H groups in total. The molecule has 112 valence electrons. The molecule has 0 spiro atoms. The fourth-order valence-electron chi connectivity index (χ4n) is 2.46. The Hall–Kier alpha value is -1.26. The lowest BCUT2D eigenvalue weighted by Crippen LogP contribution is -2.39. The van der Waals surface area contributed by atoms with Crippen LogP contribution in [0.5, 0.6) is 11.5 Å². The molecule has 1 aromatic rings. The van der Waals surface area contributed by atoms with Gasteiger partial charge in [-0.1, -0.05) is 6.07 Å². The Morgan fingerprint density at radius 2 is 2.10 bits per heavy atom. The molecule has 1 saturated carbocycles. The summed E-state index contributed by atoms with van der Waals surface area (Å²) < 4.78 is 5.11. The molecule has 1 aromatic carbocycles. The molecule has 4 nitrogen and oxygen atoms in total. The number of hydrogen-bond donors (Lipinski definition) is 2. The molecule has 1 fully saturated rings. The zero-order valence-corrected chi connectivity index (χ0v) is 12.9. The third kappa shape index (κ3) is 3.64. The van der Waals surface area contributed by atoms with Crippen molar-refractivity contribution in [2.45, 2.75) is 44.8 Å². The van der Waals surface area contributed by atoms with Gasteiger partial charge < -0.3 is 15.2 Å². The van der Waals surface area contributed by atoms with Crippen molar-refractivity contribution >= 4 is 0 Å². The van der Waals surface area contributed by atoms with Crippen LogP contribution < -0.4 is 10.1 Å². The van der Waals surface area contributed by atoms with Crippen molar-refractivity contribution in [2.24, 2.45) is 0 Å². The summed E-state index contributed by atoms with van der Waals surface area (Å²) in [5, 5.41) is 13.5. The minimum absolute atomic E-state index is 0.121. The van der Waals surface area contributed by atoms with Gasteiger partial charge in [-0.05, 0) is 39.8 Å². The Morgan fingerprint density at radius 3 is 2.65 bits per heavy atom. The molecule has 20 heavy (non-hydrogen) atoms. The summed E-state index contributed by atoms with van der Waals surface area (Å²) in [5.74, 6) is 0.966. The van der Waals surface area contributed by atoms with Gasteiger partial charge in [0.1, 0.15) is 11.5 Å². The summed E-state index contributed by atoms with van der Waals surface area (Å²) in [4.78, 5) is 2.44.